The Morgan fingerprint density at radius 2 is 2.25 bits per heavy atom. The van der Waals surface area contributed by atoms with Gasteiger partial charge in [-0.3, -0.25) is 4.68 Å². The van der Waals surface area contributed by atoms with Crippen molar-refractivity contribution in [3.05, 3.63) is 12.4 Å². The third kappa shape index (κ3) is 3.85. The number of aryl methyl sites for hydroxylation is 1. The molecular weight excluding hydrogens is 202 g/mol. The molecule has 0 aliphatic heterocycles. The highest BCUT2D eigenvalue weighted by Crippen LogP contribution is 2.18. The third-order valence-electron chi connectivity index (χ3n) is 2.72. The zero-order valence-electron chi connectivity index (χ0n) is 10.9. The Hall–Kier alpha value is -1.03. The second kappa shape index (κ2) is 5.34. The van der Waals surface area contributed by atoms with Crippen LogP contribution in [0.3, 0.4) is 0 Å². The zero-order chi connectivity index (χ0) is 12.2. The molecule has 1 atom stereocenters. The normalized spacial score (nSPS) is 13.8. The van der Waals surface area contributed by atoms with Crippen molar-refractivity contribution in [3.8, 4) is 0 Å². The molecule has 1 aromatic rings. The minimum absolute atomic E-state index is 0.0901. The number of anilines is 1. The first-order valence-electron chi connectivity index (χ1n) is 5.81. The van der Waals surface area contributed by atoms with Crippen molar-refractivity contribution < 1.29 is 4.74 Å². The van der Waals surface area contributed by atoms with Gasteiger partial charge in [0.05, 0.1) is 17.5 Å². The van der Waals surface area contributed by atoms with Crippen molar-refractivity contribution >= 4 is 5.69 Å². The average molecular weight is 225 g/mol. The first-order chi connectivity index (χ1) is 7.46. The van der Waals surface area contributed by atoms with E-state index in [1.54, 1.807) is 7.11 Å². The van der Waals surface area contributed by atoms with Gasteiger partial charge in [-0.25, -0.2) is 0 Å². The number of nitrogens with zero attached hydrogens (tertiary/aromatic N) is 2. The number of ether oxygens (including phenoxy) is 1. The van der Waals surface area contributed by atoms with Crippen LogP contribution in [0.2, 0.25) is 0 Å². The quantitative estimate of drug-likeness (QED) is 0.808. The fraction of sp³-hybridized carbons (Fsp3) is 0.750. The average Bonchev–Trinajstić information content (AvgIpc) is 2.64. The molecule has 0 bridgehead atoms. The summed E-state index contributed by atoms with van der Waals surface area (Å²) in [5.41, 5.74) is 0.980. The van der Waals surface area contributed by atoms with E-state index in [0.29, 0.717) is 6.04 Å². The third-order valence-corrected chi connectivity index (χ3v) is 2.72. The highest BCUT2D eigenvalue weighted by molar-refractivity contribution is 5.39. The molecule has 0 aromatic carbocycles. The number of rotatable bonds is 6. The lowest BCUT2D eigenvalue weighted by Gasteiger charge is -2.27. The Bertz CT molecular complexity index is 320. The molecule has 0 aliphatic carbocycles. The summed E-state index contributed by atoms with van der Waals surface area (Å²) in [6.07, 6.45) is 4.84. The molecule has 0 spiro atoms. The van der Waals surface area contributed by atoms with Gasteiger partial charge in [0.15, 0.2) is 0 Å². The molecule has 0 fully saturated rings. The van der Waals surface area contributed by atoms with Gasteiger partial charge < -0.3 is 10.1 Å². The molecule has 1 aromatic heterocycles. The lowest BCUT2D eigenvalue weighted by atomic mass is 10.00. The molecule has 1 N–H and O–H groups in total. The van der Waals surface area contributed by atoms with E-state index >= 15 is 0 Å². The Morgan fingerprint density at radius 1 is 1.56 bits per heavy atom. The van der Waals surface area contributed by atoms with E-state index in [1.165, 1.54) is 0 Å². The molecule has 1 rings (SSSR count). The monoisotopic (exact) mass is 225 g/mol. The lowest BCUT2D eigenvalue weighted by molar-refractivity contribution is 0.0128. The van der Waals surface area contributed by atoms with Gasteiger partial charge in [0.2, 0.25) is 0 Å². The van der Waals surface area contributed by atoms with E-state index in [9.17, 15) is 0 Å². The van der Waals surface area contributed by atoms with Gasteiger partial charge in [-0.05, 0) is 34.1 Å². The molecule has 0 aliphatic rings. The number of hydrogen-bond donors (Lipinski definition) is 1. The Kier molecular flexibility index (Phi) is 4.35. The van der Waals surface area contributed by atoms with E-state index in [4.69, 9.17) is 4.74 Å². The molecule has 0 saturated carbocycles. The highest BCUT2D eigenvalue weighted by atomic mass is 16.5. The van der Waals surface area contributed by atoms with Crippen molar-refractivity contribution in [2.24, 2.45) is 0 Å². The summed E-state index contributed by atoms with van der Waals surface area (Å²) in [6.45, 7) is 9.33. The SMILES string of the molecule is CCn1cc(NC(C)CC(C)(C)OC)cn1. The fourth-order valence-corrected chi connectivity index (χ4v) is 1.77. The molecule has 4 nitrogen and oxygen atoms in total. The Morgan fingerprint density at radius 3 is 2.75 bits per heavy atom. The van der Waals surface area contributed by atoms with Gasteiger partial charge in [-0.1, -0.05) is 0 Å². The maximum absolute atomic E-state index is 5.41. The van der Waals surface area contributed by atoms with Gasteiger partial charge in [-0.15, -0.1) is 0 Å². The summed E-state index contributed by atoms with van der Waals surface area (Å²) < 4.78 is 7.32. The first kappa shape index (κ1) is 13.0. The van der Waals surface area contributed by atoms with E-state index in [-0.39, 0.29) is 5.60 Å². The van der Waals surface area contributed by atoms with Crippen LogP contribution in [0.5, 0.6) is 0 Å². The zero-order valence-corrected chi connectivity index (χ0v) is 10.9. The van der Waals surface area contributed by atoms with Crippen LogP contribution >= 0.6 is 0 Å². The van der Waals surface area contributed by atoms with Gasteiger partial charge >= 0.3 is 0 Å². The van der Waals surface area contributed by atoms with Crippen LogP contribution in [0, 0.1) is 0 Å². The van der Waals surface area contributed by atoms with Crippen LogP contribution in [0.1, 0.15) is 34.1 Å². The molecule has 1 unspecified atom stereocenters. The minimum atomic E-state index is -0.0901. The van der Waals surface area contributed by atoms with Crippen molar-refractivity contribution in [1.82, 2.24) is 9.78 Å². The largest absolute Gasteiger partial charge is 0.380 e. The fourth-order valence-electron chi connectivity index (χ4n) is 1.77. The molecule has 92 valence electrons. The summed E-state index contributed by atoms with van der Waals surface area (Å²) in [6, 6.07) is 0.365. The summed E-state index contributed by atoms with van der Waals surface area (Å²) >= 11 is 0. The standard InChI is InChI=1S/C12H23N3O/c1-6-15-9-11(8-13-15)14-10(2)7-12(3,4)16-5/h8-10,14H,6-7H2,1-5H3. The van der Waals surface area contributed by atoms with E-state index in [2.05, 4.69) is 38.1 Å². The van der Waals surface area contributed by atoms with Crippen molar-refractivity contribution in [2.45, 2.75) is 52.3 Å². The second-order valence-electron chi connectivity index (χ2n) is 4.80. The summed E-state index contributed by atoms with van der Waals surface area (Å²) in [7, 11) is 1.75. The van der Waals surface area contributed by atoms with Gasteiger partial charge in [0, 0.05) is 25.9 Å². The highest BCUT2D eigenvalue weighted by Gasteiger charge is 2.20. The molecule has 16 heavy (non-hydrogen) atoms. The van der Waals surface area contributed by atoms with Crippen molar-refractivity contribution in [2.75, 3.05) is 12.4 Å². The van der Waals surface area contributed by atoms with Gasteiger partial charge in [-0.2, -0.15) is 5.10 Å². The summed E-state index contributed by atoms with van der Waals surface area (Å²) in [4.78, 5) is 0. The van der Waals surface area contributed by atoms with Crippen LogP contribution in [0.15, 0.2) is 12.4 Å². The number of hydrogen-bond acceptors (Lipinski definition) is 3. The molecule has 4 heteroatoms. The minimum Gasteiger partial charge on any atom is -0.380 e. The second-order valence-corrected chi connectivity index (χ2v) is 4.80. The molecule has 0 amide bonds. The predicted molar refractivity (Wildman–Crippen MR) is 66.7 cm³/mol. The van der Waals surface area contributed by atoms with Gasteiger partial charge in [0.1, 0.15) is 0 Å². The lowest BCUT2D eigenvalue weighted by Crippen LogP contribution is -2.31. The molecular formula is C12H23N3O. The number of methoxy groups -OCH3 is 1. The topological polar surface area (TPSA) is 39.1 Å². The van der Waals surface area contributed by atoms with Crippen LogP contribution < -0.4 is 5.32 Å². The van der Waals surface area contributed by atoms with Crippen molar-refractivity contribution in [3.63, 3.8) is 0 Å². The van der Waals surface area contributed by atoms with E-state index < -0.39 is 0 Å². The van der Waals surface area contributed by atoms with E-state index in [0.717, 1.165) is 18.7 Å². The summed E-state index contributed by atoms with van der Waals surface area (Å²) in [5, 5.41) is 7.65. The summed E-state index contributed by atoms with van der Waals surface area (Å²) in [5.74, 6) is 0. The predicted octanol–water partition coefficient (Wildman–Crippen LogP) is 2.52. The molecule has 0 radical (unpaired) electrons. The number of aromatic nitrogens is 2. The molecule has 0 saturated heterocycles. The maximum atomic E-state index is 5.41. The van der Waals surface area contributed by atoms with Crippen molar-refractivity contribution in [1.29, 1.82) is 0 Å². The van der Waals surface area contributed by atoms with Crippen LogP contribution in [0.4, 0.5) is 5.69 Å². The Balaban J connectivity index is 2.48. The van der Waals surface area contributed by atoms with E-state index in [1.807, 2.05) is 17.1 Å². The van der Waals surface area contributed by atoms with Crippen LogP contribution in [0.25, 0.3) is 0 Å². The Labute approximate surface area is 98.0 Å². The van der Waals surface area contributed by atoms with Crippen LogP contribution in [-0.2, 0) is 11.3 Å². The smallest absolute Gasteiger partial charge is 0.0728 e. The first-order valence-corrected chi connectivity index (χ1v) is 5.81. The maximum Gasteiger partial charge on any atom is 0.0728 e. The molecule has 1 heterocycles. The van der Waals surface area contributed by atoms with Crippen LogP contribution in [-0.4, -0.2) is 28.5 Å². The number of nitrogens with one attached hydrogen (secondary N) is 1. The van der Waals surface area contributed by atoms with Gasteiger partial charge in [0.25, 0.3) is 0 Å².